The van der Waals surface area contributed by atoms with Crippen molar-refractivity contribution in [2.45, 2.75) is 38.6 Å². The molecular formula is C21H28N4O3. The molecular weight excluding hydrogens is 356 g/mol. The Labute approximate surface area is 165 Å². The number of piperidine rings is 1. The van der Waals surface area contributed by atoms with E-state index in [9.17, 15) is 9.90 Å². The van der Waals surface area contributed by atoms with Gasteiger partial charge in [0.2, 0.25) is 11.9 Å². The van der Waals surface area contributed by atoms with Gasteiger partial charge >= 0.3 is 0 Å². The molecule has 1 N–H and O–H groups in total. The molecule has 150 valence electrons. The van der Waals surface area contributed by atoms with E-state index in [0.717, 1.165) is 61.1 Å². The molecule has 0 bridgehead atoms. The molecule has 2 saturated heterocycles. The molecule has 4 rings (SSSR count). The molecule has 0 spiro atoms. The monoisotopic (exact) mass is 384 g/mol. The van der Waals surface area contributed by atoms with Gasteiger partial charge in [-0.1, -0.05) is 0 Å². The molecule has 2 aliphatic heterocycles. The molecule has 2 fully saturated rings. The number of anilines is 1. The van der Waals surface area contributed by atoms with E-state index in [0.29, 0.717) is 12.5 Å². The molecule has 2 aliphatic rings. The second kappa shape index (κ2) is 7.91. The third kappa shape index (κ3) is 3.51. The number of amides is 1. The van der Waals surface area contributed by atoms with Crippen molar-refractivity contribution in [1.29, 1.82) is 0 Å². The number of aliphatic hydroxyl groups excluding tert-OH is 1. The lowest BCUT2D eigenvalue weighted by Crippen LogP contribution is -2.47. The van der Waals surface area contributed by atoms with Crippen LogP contribution in [0, 0.1) is 12.8 Å². The highest BCUT2D eigenvalue weighted by Crippen LogP contribution is 2.28. The largest absolute Gasteiger partial charge is 0.497 e. The number of fused-ring (bicyclic) bond motifs is 1. The predicted octanol–water partition coefficient (Wildman–Crippen LogP) is 2.15. The Hall–Kier alpha value is -2.41. The highest BCUT2D eigenvalue weighted by Gasteiger charge is 2.35. The predicted molar refractivity (Wildman–Crippen MR) is 108 cm³/mol. The number of aryl methyl sites for hydroxylation is 1. The molecule has 1 aromatic carbocycles. The van der Waals surface area contributed by atoms with Crippen LogP contribution in [0.15, 0.2) is 18.2 Å². The summed E-state index contributed by atoms with van der Waals surface area (Å²) in [4.78, 5) is 26.5. The van der Waals surface area contributed by atoms with Crippen LogP contribution in [0.1, 0.15) is 31.4 Å². The minimum atomic E-state index is -0.0641. The fourth-order valence-corrected chi connectivity index (χ4v) is 4.43. The molecule has 2 atom stereocenters. The fourth-order valence-electron chi connectivity index (χ4n) is 4.43. The number of carbonyl (C=O) groups excluding carboxylic acids is 1. The normalized spacial score (nSPS) is 22.7. The van der Waals surface area contributed by atoms with Gasteiger partial charge in [-0.15, -0.1) is 0 Å². The van der Waals surface area contributed by atoms with Gasteiger partial charge in [-0.2, -0.15) is 0 Å². The minimum absolute atomic E-state index is 0.0190. The number of nitrogens with zero attached hydrogens (tertiary/aromatic N) is 4. The SMILES string of the molecule is COc1ccc2c(C)nc(N3CCC[C@H](C(=O)N4CCC[C@H]4CO)C3)nc2c1. The lowest BCUT2D eigenvalue weighted by Gasteiger charge is -2.35. The average Bonchev–Trinajstić information content (AvgIpc) is 3.21. The van der Waals surface area contributed by atoms with E-state index in [4.69, 9.17) is 14.7 Å². The van der Waals surface area contributed by atoms with Crippen LogP contribution >= 0.6 is 0 Å². The molecule has 28 heavy (non-hydrogen) atoms. The van der Waals surface area contributed by atoms with Gasteiger partial charge in [0.15, 0.2) is 0 Å². The third-order valence-electron chi connectivity index (χ3n) is 6.01. The molecule has 0 saturated carbocycles. The molecule has 1 aromatic heterocycles. The van der Waals surface area contributed by atoms with Crippen molar-refractivity contribution in [3.05, 3.63) is 23.9 Å². The molecule has 3 heterocycles. The third-order valence-corrected chi connectivity index (χ3v) is 6.01. The van der Waals surface area contributed by atoms with Gasteiger partial charge in [0.25, 0.3) is 0 Å². The standard InChI is InChI=1S/C21H28N4O3/c1-14-18-8-7-17(28-2)11-19(18)23-21(22-14)24-9-3-5-15(12-24)20(27)25-10-4-6-16(25)13-26/h7-8,11,15-16,26H,3-6,9-10,12-13H2,1-2H3/t15-,16-/m0/s1. The van der Waals surface area contributed by atoms with Crippen LogP contribution < -0.4 is 9.64 Å². The first-order chi connectivity index (χ1) is 13.6. The maximum absolute atomic E-state index is 13.0. The summed E-state index contributed by atoms with van der Waals surface area (Å²) in [7, 11) is 1.65. The summed E-state index contributed by atoms with van der Waals surface area (Å²) in [6.45, 7) is 4.27. The van der Waals surface area contributed by atoms with Gasteiger partial charge in [-0.05, 0) is 44.7 Å². The first kappa shape index (κ1) is 18.9. The van der Waals surface area contributed by atoms with Gasteiger partial charge < -0.3 is 19.6 Å². The summed E-state index contributed by atoms with van der Waals surface area (Å²) in [6.07, 6.45) is 3.69. The summed E-state index contributed by atoms with van der Waals surface area (Å²) < 4.78 is 5.33. The number of likely N-dealkylation sites (tertiary alicyclic amines) is 1. The molecule has 7 heteroatoms. The Morgan fingerprint density at radius 1 is 1.25 bits per heavy atom. The Morgan fingerprint density at radius 2 is 2.07 bits per heavy atom. The summed E-state index contributed by atoms with van der Waals surface area (Å²) >= 11 is 0. The van der Waals surface area contributed by atoms with Crippen LogP contribution in [-0.2, 0) is 4.79 Å². The van der Waals surface area contributed by atoms with Gasteiger partial charge in [-0.25, -0.2) is 9.97 Å². The smallest absolute Gasteiger partial charge is 0.227 e. The van der Waals surface area contributed by atoms with Crippen LogP contribution in [0.25, 0.3) is 10.9 Å². The molecule has 0 radical (unpaired) electrons. The van der Waals surface area contributed by atoms with Crippen molar-refractivity contribution >= 4 is 22.8 Å². The summed E-state index contributed by atoms with van der Waals surface area (Å²) in [5.74, 6) is 1.55. The number of aromatic nitrogens is 2. The average molecular weight is 384 g/mol. The number of carbonyl (C=O) groups is 1. The summed E-state index contributed by atoms with van der Waals surface area (Å²) in [6, 6.07) is 5.81. The number of ether oxygens (including phenoxy) is 1. The second-order valence-corrected chi connectivity index (χ2v) is 7.79. The summed E-state index contributed by atoms with van der Waals surface area (Å²) in [5, 5.41) is 10.6. The van der Waals surface area contributed by atoms with Gasteiger partial charge in [0.1, 0.15) is 5.75 Å². The lowest BCUT2D eigenvalue weighted by molar-refractivity contribution is -0.137. The highest BCUT2D eigenvalue weighted by atomic mass is 16.5. The summed E-state index contributed by atoms with van der Waals surface area (Å²) in [5.41, 5.74) is 1.78. The number of rotatable bonds is 4. The number of methoxy groups -OCH3 is 1. The van der Waals surface area contributed by atoms with Crippen LogP contribution in [0.4, 0.5) is 5.95 Å². The van der Waals surface area contributed by atoms with E-state index < -0.39 is 0 Å². The Kier molecular flexibility index (Phi) is 5.35. The first-order valence-electron chi connectivity index (χ1n) is 10.1. The zero-order valence-corrected chi connectivity index (χ0v) is 16.6. The Morgan fingerprint density at radius 3 is 2.86 bits per heavy atom. The zero-order valence-electron chi connectivity index (χ0n) is 16.6. The van der Waals surface area contributed by atoms with Gasteiger partial charge in [-0.3, -0.25) is 4.79 Å². The molecule has 0 aliphatic carbocycles. The van der Waals surface area contributed by atoms with Crippen LogP contribution in [0.3, 0.4) is 0 Å². The second-order valence-electron chi connectivity index (χ2n) is 7.79. The van der Waals surface area contributed by atoms with Crippen molar-refractivity contribution in [2.75, 3.05) is 38.3 Å². The number of hydrogen-bond acceptors (Lipinski definition) is 6. The maximum atomic E-state index is 13.0. The van der Waals surface area contributed by atoms with Gasteiger partial charge in [0, 0.05) is 31.1 Å². The quantitative estimate of drug-likeness (QED) is 0.870. The van der Waals surface area contributed by atoms with Crippen LogP contribution in [0.2, 0.25) is 0 Å². The van der Waals surface area contributed by atoms with E-state index in [1.807, 2.05) is 30.0 Å². The Bertz CT molecular complexity index is 872. The minimum Gasteiger partial charge on any atom is -0.497 e. The molecule has 1 amide bonds. The van der Waals surface area contributed by atoms with E-state index in [1.54, 1.807) is 7.11 Å². The van der Waals surface area contributed by atoms with Crippen molar-refractivity contribution in [3.63, 3.8) is 0 Å². The van der Waals surface area contributed by atoms with Crippen molar-refractivity contribution in [1.82, 2.24) is 14.9 Å². The molecule has 0 unspecified atom stereocenters. The Balaban J connectivity index is 1.56. The van der Waals surface area contributed by atoms with E-state index >= 15 is 0 Å². The lowest BCUT2D eigenvalue weighted by atomic mass is 9.96. The van der Waals surface area contributed by atoms with Crippen molar-refractivity contribution in [2.24, 2.45) is 5.92 Å². The topological polar surface area (TPSA) is 78.8 Å². The number of hydrogen-bond donors (Lipinski definition) is 1. The number of benzene rings is 1. The van der Waals surface area contributed by atoms with E-state index in [1.165, 1.54) is 0 Å². The van der Waals surface area contributed by atoms with Crippen LogP contribution in [0.5, 0.6) is 5.75 Å². The highest BCUT2D eigenvalue weighted by molar-refractivity contribution is 5.83. The van der Waals surface area contributed by atoms with E-state index in [2.05, 4.69) is 4.90 Å². The number of aliphatic hydroxyl groups is 1. The van der Waals surface area contributed by atoms with Crippen molar-refractivity contribution in [3.8, 4) is 5.75 Å². The fraction of sp³-hybridized carbons (Fsp3) is 0.571. The van der Waals surface area contributed by atoms with E-state index in [-0.39, 0.29) is 24.5 Å². The molecule has 2 aromatic rings. The molecule has 7 nitrogen and oxygen atoms in total. The maximum Gasteiger partial charge on any atom is 0.227 e. The zero-order chi connectivity index (χ0) is 19.7. The van der Waals surface area contributed by atoms with Crippen molar-refractivity contribution < 1.29 is 14.6 Å². The van der Waals surface area contributed by atoms with Gasteiger partial charge in [0.05, 0.1) is 36.9 Å². The van der Waals surface area contributed by atoms with Crippen LogP contribution in [-0.4, -0.2) is 65.3 Å². The first-order valence-corrected chi connectivity index (χ1v) is 10.1.